The van der Waals surface area contributed by atoms with Gasteiger partial charge in [-0.25, -0.2) is 0 Å². The number of hydrogen-bond donors (Lipinski definition) is 2. The molecular weight excluding hydrogens is 264 g/mol. The van der Waals surface area contributed by atoms with Crippen LogP contribution in [-0.2, 0) is 0 Å². The summed E-state index contributed by atoms with van der Waals surface area (Å²) in [7, 11) is 3.35. The van der Waals surface area contributed by atoms with Crippen LogP contribution in [0.3, 0.4) is 0 Å². The lowest BCUT2D eigenvalue weighted by Crippen LogP contribution is -2.36. The molecule has 1 fully saturated rings. The molecule has 1 unspecified atom stereocenters. The number of nitrogens with two attached hydrogens (primary N) is 1. The standard InChI is InChI=1S/C17H28N2O2/c1-20-16-11-7-10-14(17(16)21-2)15(12-18)19-13-8-5-3-4-6-9-13/h7,10-11,13,15,19H,3-6,8-9,12,18H2,1-2H3. The van der Waals surface area contributed by atoms with Gasteiger partial charge in [0.25, 0.3) is 0 Å². The van der Waals surface area contributed by atoms with Crippen molar-refractivity contribution in [1.82, 2.24) is 5.32 Å². The first kappa shape index (κ1) is 16.1. The van der Waals surface area contributed by atoms with Crippen LogP contribution in [0.5, 0.6) is 11.5 Å². The molecule has 1 aliphatic rings. The van der Waals surface area contributed by atoms with Gasteiger partial charge in [-0.1, -0.05) is 37.8 Å². The van der Waals surface area contributed by atoms with E-state index in [1.807, 2.05) is 12.1 Å². The Bertz CT molecular complexity index is 429. The molecule has 1 aromatic rings. The molecule has 0 aromatic heterocycles. The van der Waals surface area contributed by atoms with Crippen molar-refractivity contribution in [2.75, 3.05) is 20.8 Å². The van der Waals surface area contributed by atoms with E-state index in [0.29, 0.717) is 12.6 Å². The summed E-state index contributed by atoms with van der Waals surface area (Å²) in [5.74, 6) is 1.55. The molecule has 4 nitrogen and oxygen atoms in total. The summed E-state index contributed by atoms with van der Waals surface area (Å²) in [6, 6.07) is 6.65. The molecule has 2 rings (SSSR count). The van der Waals surface area contributed by atoms with Crippen molar-refractivity contribution in [1.29, 1.82) is 0 Å². The monoisotopic (exact) mass is 292 g/mol. The van der Waals surface area contributed by atoms with E-state index >= 15 is 0 Å². The number of benzene rings is 1. The molecule has 0 spiro atoms. The van der Waals surface area contributed by atoms with E-state index in [2.05, 4.69) is 11.4 Å². The lowest BCUT2D eigenvalue weighted by atomic mass is 10.0. The molecule has 0 heterocycles. The molecule has 0 radical (unpaired) electrons. The van der Waals surface area contributed by atoms with Crippen LogP contribution in [-0.4, -0.2) is 26.8 Å². The van der Waals surface area contributed by atoms with Crippen molar-refractivity contribution in [3.63, 3.8) is 0 Å². The molecule has 0 aliphatic heterocycles. The second kappa shape index (κ2) is 8.25. The minimum absolute atomic E-state index is 0.109. The molecule has 4 heteroatoms. The maximum absolute atomic E-state index is 6.02. The molecule has 1 atom stereocenters. The van der Waals surface area contributed by atoms with Gasteiger partial charge in [-0.15, -0.1) is 0 Å². The van der Waals surface area contributed by atoms with E-state index in [1.54, 1.807) is 14.2 Å². The Kier molecular flexibility index (Phi) is 6.33. The van der Waals surface area contributed by atoms with Crippen LogP contribution in [0.4, 0.5) is 0 Å². The average Bonchev–Trinajstić information content (AvgIpc) is 2.80. The fourth-order valence-corrected chi connectivity index (χ4v) is 3.20. The summed E-state index contributed by atoms with van der Waals surface area (Å²) in [5, 5.41) is 3.73. The third kappa shape index (κ3) is 4.11. The number of methoxy groups -OCH3 is 2. The van der Waals surface area contributed by atoms with E-state index in [9.17, 15) is 0 Å². The van der Waals surface area contributed by atoms with Gasteiger partial charge in [0.05, 0.1) is 14.2 Å². The summed E-state index contributed by atoms with van der Waals surface area (Å²) in [4.78, 5) is 0. The van der Waals surface area contributed by atoms with Gasteiger partial charge < -0.3 is 20.5 Å². The van der Waals surface area contributed by atoms with Crippen molar-refractivity contribution in [3.8, 4) is 11.5 Å². The summed E-state index contributed by atoms with van der Waals surface area (Å²) >= 11 is 0. The fraction of sp³-hybridized carbons (Fsp3) is 0.647. The van der Waals surface area contributed by atoms with Crippen LogP contribution in [0.25, 0.3) is 0 Å². The number of para-hydroxylation sites is 1. The first-order valence-corrected chi connectivity index (χ1v) is 7.97. The van der Waals surface area contributed by atoms with Crippen LogP contribution in [0.15, 0.2) is 18.2 Å². The van der Waals surface area contributed by atoms with Crippen LogP contribution >= 0.6 is 0 Å². The quantitative estimate of drug-likeness (QED) is 0.791. The highest BCUT2D eigenvalue weighted by Gasteiger charge is 2.21. The molecule has 1 aromatic carbocycles. The molecule has 0 amide bonds. The van der Waals surface area contributed by atoms with Crippen LogP contribution < -0.4 is 20.5 Å². The highest BCUT2D eigenvalue weighted by atomic mass is 16.5. The molecule has 1 saturated carbocycles. The zero-order valence-corrected chi connectivity index (χ0v) is 13.2. The second-order valence-electron chi connectivity index (χ2n) is 5.73. The van der Waals surface area contributed by atoms with Gasteiger partial charge in [0.1, 0.15) is 0 Å². The lowest BCUT2D eigenvalue weighted by molar-refractivity contribution is 0.340. The average molecular weight is 292 g/mol. The third-order valence-corrected chi connectivity index (χ3v) is 4.34. The fourth-order valence-electron chi connectivity index (χ4n) is 3.20. The Morgan fingerprint density at radius 1 is 1.14 bits per heavy atom. The zero-order chi connectivity index (χ0) is 15.1. The van der Waals surface area contributed by atoms with Gasteiger partial charge in [0.15, 0.2) is 11.5 Å². The summed E-state index contributed by atoms with van der Waals surface area (Å²) in [6.07, 6.45) is 7.81. The Morgan fingerprint density at radius 2 is 1.86 bits per heavy atom. The summed E-state index contributed by atoms with van der Waals surface area (Å²) in [5.41, 5.74) is 7.10. The van der Waals surface area contributed by atoms with E-state index < -0.39 is 0 Å². The van der Waals surface area contributed by atoms with E-state index in [-0.39, 0.29) is 6.04 Å². The van der Waals surface area contributed by atoms with Crippen molar-refractivity contribution >= 4 is 0 Å². The molecule has 3 N–H and O–H groups in total. The van der Waals surface area contributed by atoms with Gasteiger partial charge in [-0.05, 0) is 18.9 Å². The Labute approximate surface area is 128 Å². The summed E-state index contributed by atoms with van der Waals surface area (Å²) < 4.78 is 10.9. The normalized spacial score (nSPS) is 18.0. The van der Waals surface area contributed by atoms with E-state index in [0.717, 1.165) is 17.1 Å². The second-order valence-corrected chi connectivity index (χ2v) is 5.73. The number of rotatable bonds is 6. The predicted octanol–water partition coefficient (Wildman–Crippen LogP) is 3.02. The zero-order valence-electron chi connectivity index (χ0n) is 13.2. The van der Waals surface area contributed by atoms with Crippen LogP contribution in [0.1, 0.15) is 50.1 Å². The SMILES string of the molecule is COc1cccc(C(CN)NC2CCCCCC2)c1OC. The topological polar surface area (TPSA) is 56.5 Å². The summed E-state index contributed by atoms with van der Waals surface area (Å²) in [6.45, 7) is 0.556. The van der Waals surface area contributed by atoms with Crippen molar-refractivity contribution in [3.05, 3.63) is 23.8 Å². The van der Waals surface area contributed by atoms with Gasteiger partial charge in [0, 0.05) is 24.2 Å². The molecule has 1 aliphatic carbocycles. The Morgan fingerprint density at radius 3 is 2.43 bits per heavy atom. The van der Waals surface area contributed by atoms with Crippen LogP contribution in [0.2, 0.25) is 0 Å². The van der Waals surface area contributed by atoms with Gasteiger partial charge in [0.2, 0.25) is 0 Å². The first-order valence-electron chi connectivity index (χ1n) is 7.97. The lowest BCUT2D eigenvalue weighted by Gasteiger charge is -2.26. The van der Waals surface area contributed by atoms with Gasteiger partial charge >= 0.3 is 0 Å². The highest BCUT2D eigenvalue weighted by Crippen LogP contribution is 2.35. The van der Waals surface area contributed by atoms with Crippen molar-refractivity contribution in [2.45, 2.75) is 50.6 Å². The Balaban J connectivity index is 2.16. The third-order valence-electron chi connectivity index (χ3n) is 4.34. The molecular formula is C17H28N2O2. The molecule has 0 bridgehead atoms. The number of nitrogens with one attached hydrogen (secondary N) is 1. The molecule has 118 valence electrons. The molecule has 21 heavy (non-hydrogen) atoms. The maximum atomic E-state index is 6.02. The van der Waals surface area contributed by atoms with E-state index in [4.69, 9.17) is 15.2 Å². The largest absolute Gasteiger partial charge is 0.493 e. The number of ether oxygens (including phenoxy) is 2. The van der Waals surface area contributed by atoms with Gasteiger partial charge in [-0.3, -0.25) is 0 Å². The first-order chi connectivity index (χ1) is 10.3. The van der Waals surface area contributed by atoms with Crippen molar-refractivity contribution < 1.29 is 9.47 Å². The smallest absolute Gasteiger partial charge is 0.165 e. The van der Waals surface area contributed by atoms with Gasteiger partial charge in [-0.2, -0.15) is 0 Å². The predicted molar refractivity (Wildman–Crippen MR) is 86.0 cm³/mol. The minimum atomic E-state index is 0.109. The number of hydrogen-bond acceptors (Lipinski definition) is 4. The van der Waals surface area contributed by atoms with Crippen LogP contribution in [0, 0.1) is 0 Å². The van der Waals surface area contributed by atoms with E-state index in [1.165, 1.54) is 38.5 Å². The highest BCUT2D eigenvalue weighted by molar-refractivity contribution is 5.48. The van der Waals surface area contributed by atoms with Crippen molar-refractivity contribution in [2.24, 2.45) is 5.73 Å². The minimum Gasteiger partial charge on any atom is -0.493 e. The molecule has 0 saturated heterocycles. The Hall–Kier alpha value is -1.26. The maximum Gasteiger partial charge on any atom is 0.165 e.